The van der Waals surface area contributed by atoms with Gasteiger partial charge in [-0.3, -0.25) is 4.90 Å². The summed E-state index contributed by atoms with van der Waals surface area (Å²) in [6, 6.07) is 13.1. The Bertz CT molecular complexity index is 714. The number of hydrogen-bond acceptors (Lipinski definition) is 3. The molecule has 2 aromatic rings. The molecule has 2 saturated heterocycles. The van der Waals surface area contributed by atoms with Crippen molar-refractivity contribution in [1.82, 2.24) is 10.2 Å². The minimum atomic E-state index is -0.0989. The molecule has 1 aromatic carbocycles. The number of nitrogens with zero attached hydrogens (tertiary/aromatic N) is 1. The molecule has 2 aliphatic heterocycles. The highest BCUT2D eigenvalue weighted by molar-refractivity contribution is 5.90. The van der Waals surface area contributed by atoms with Gasteiger partial charge in [-0.15, -0.1) is 0 Å². The molecule has 2 bridgehead atoms. The highest BCUT2D eigenvalue weighted by atomic mass is 16.3. The second-order valence-electron chi connectivity index (χ2n) is 7.22. The fraction of sp³-hybridized carbons (Fsp3) is 0.450. The number of piperidine rings is 1. The molecule has 2 unspecified atom stereocenters. The third-order valence-corrected chi connectivity index (χ3v) is 5.53. The number of amides is 2. The summed E-state index contributed by atoms with van der Waals surface area (Å²) in [4.78, 5) is 14.9. The average molecular weight is 339 g/mol. The van der Waals surface area contributed by atoms with Gasteiger partial charge in [0, 0.05) is 23.8 Å². The molecule has 2 amide bonds. The fourth-order valence-corrected chi connectivity index (χ4v) is 4.29. The van der Waals surface area contributed by atoms with Gasteiger partial charge in [0.2, 0.25) is 0 Å². The summed E-state index contributed by atoms with van der Waals surface area (Å²) in [5.41, 5.74) is 1.95. The number of nitrogens with one attached hydrogen (secondary N) is 2. The maximum atomic E-state index is 12.4. The first kappa shape index (κ1) is 16.2. The lowest BCUT2D eigenvalue weighted by molar-refractivity contribution is 0.104. The number of urea groups is 1. The van der Waals surface area contributed by atoms with E-state index in [1.165, 1.54) is 12.8 Å². The van der Waals surface area contributed by atoms with E-state index in [1.54, 1.807) is 6.26 Å². The Morgan fingerprint density at radius 3 is 2.60 bits per heavy atom. The minimum absolute atomic E-state index is 0.0989. The van der Waals surface area contributed by atoms with Crippen molar-refractivity contribution >= 4 is 11.7 Å². The molecule has 5 nitrogen and oxygen atoms in total. The fourth-order valence-electron chi connectivity index (χ4n) is 4.29. The normalized spacial score (nSPS) is 25.7. The van der Waals surface area contributed by atoms with Crippen molar-refractivity contribution in [2.75, 3.05) is 5.32 Å². The molecule has 2 N–H and O–H groups in total. The van der Waals surface area contributed by atoms with E-state index in [9.17, 15) is 4.79 Å². The summed E-state index contributed by atoms with van der Waals surface area (Å²) in [6.45, 7) is 2.88. The van der Waals surface area contributed by atoms with Crippen LogP contribution in [0.1, 0.15) is 37.0 Å². The zero-order valence-electron chi connectivity index (χ0n) is 14.6. The van der Waals surface area contributed by atoms with Gasteiger partial charge in [-0.25, -0.2) is 4.79 Å². The summed E-state index contributed by atoms with van der Waals surface area (Å²) < 4.78 is 5.51. The first-order valence-electron chi connectivity index (χ1n) is 9.10. The van der Waals surface area contributed by atoms with E-state index in [1.807, 2.05) is 43.3 Å². The van der Waals surface area contributed by atoms with Gasteiger partial charge in [0.15, 0.2) is 0 Å². The Balaban J connectivity index is 1.33. The summed E-state index contributed by atoms with van der Waals surface area (Å²) in [7, 11) is 0. The molecule has 3 heterocycles. The van der Waals surface area contributed by atoms with Crippen molar-refractivity contribution in [2.24, 2.45) is 0 Å². The third-order valence-electron chi connectivity index (χ3n) is 5.53. The number of carbonyl (C=O) groups is 1. The quantitative estimate of drug-likeness (QED) is 0.888. The number of benzene rings is 1. The number of carbonyl (C=O) groups excluding carboxylic acids is 1. The highest BCUT2D eigenvalue weighted by Gasteiger charge is 2.41. The largest absolute Gasteiger partial charge is 0.468 e. The van der Waals surface area contributed by atoms with Gasteiger partial charge < -0.3 is 15.1 Å². The van der Waals surface area contributed by atoms with E-state index in [2.05, 4.69) is 15.5 Å². The molecular weight excluding hydrogens is 314 g/mol. The summed E-state index contributed by atoms with van der Waals surface area (Å²) >= 11 is 0. The van der Waals surface area contributed by atoms with Gasteiger partial charge >= 0.3 is 6.03 Å². The van der Waals surface area contributed by atoms with Crippen LogP contribution in [0.25, 0.3) is 0 Å². The third kappa shape index (κ3) is 3.56. The molecule has 0 aliphatic carbocycles. The molecule has 0 radical (unpaired) electrons. The van der Waals surface area contributed by atoms with Gasteiger partial charge in [0.25, 0.3) is 0 Å². The molecule has 0 saturated carbocycles. The van der Waals surface area contributed by atoms with E-state index in [-0.39, 0.29) is 12.1 Å². The van der Waals surface area contributed by atoms with Crippen molar-refractivity contribution in [3.05, 3.63) is 54.0 Å². The summed E-state index contributed by atoms with van der Waals surface area (Å²) in [6.07, 6.45) is 6.18. The van der Waals surface area contributed by atoms with Gasteiger partial charge in [-0.1, -0.05) is 18.2 Å². The van der Waals surface area contributed by atoms with Crippen molar-refractivity contribution < 1.29 is 9.21 Å². The lowest BCUT2D eigenvalue weighted by Crippen LogP contribution is -2.50. The van der Waals surface area contributed by atoms with E-state index in [0.717, 1.165) is 36.4 Å². The van der Waals surface area contributed by atoms with Crippen LogP contribution in [0.15, 0.2) is 47.1 Å². The first-order chi connectivity index (χ1) is 12.2. The smallest absolute Gasteiger partial charge is 0.319 e. The molecular formula is C20H25N3O2. The number of aryl methyl sites for hydroxylation is 1. The van der Waals surface area contributed by atoms with Crippen LogP contribution >= 0.6 is 0 Å². The lowest BCUT2D eigenvalue weighted by atomic mass is 9.97. The number of fused-ring (bicyclic) bond motifs is 2. The van der Waals surface area contributed by atoms with Crippen molar-refractivity contribution in [1.29, 1.82) is 0 Å². The van der Waals surface area contributed by atoms with Crippen LogP contribution in [0.4, 0.5) is 10.5 Å². The predicted octanol–water partition coefficient (Wildman–Crippen LogP) is 3.91. The molecule has 2 atom stereocenters. The molecule has 4 rings (SSSR count). The van der Waals surface area contributed by atoms with Crippen molar-refractivity contribution in [3.63, 3.8) is 0 Å². The number of hydrogen-bond donors (Lipinski definition) is 2. The van der Waals surface area contributed by atoms with E-state index >= 15 is 0 Å². The molecule has 1 aromatic heterocycles. The van der Waals surface area contributed by atoms with Crippen LogP contribution in [-0.4, -0.2) is 29.1 Å². The van der Waals surface area contributed by atoms with E-state index < -0.39 is 0 Å². The van der Waals surface area contributed by atoms with Crippen LogP contribution in [0.2, 0.25) is 0 Å². The molecule has 2 fully saturated rings. The lowest BCUT2D eigenvalue weighted by Gasteiger charge is -2.38. The molecule has 132 valence electrons. The summed E-state index contributed by atoms with van der Waals surface area (Å²) in [5.74, 6) is 1.03. The summed E-state index contributed by atoms with van der Waals surface area (Å²) in [5, 5.41) is 6.15. The second-order valence-corrected chi connectivity index (χ2v) is 7.22. The Morgan fingerprint density at radius 2 is 1.92 bits per heavy atom. The molecule has 5 heteroatoms. The van der Waals surface area contributed by atoms with E-state index in [0.29, 0.717) is 12.1 Å². The van der Waals surface area contributed by atoms with E-state index in [4.69, 9.17) is 4.42 Å². The Morgan fingerprint density at radius 1 is 1.16 bits per heavy atom. The maximum Gasteiger partial charge on any atom is 0.319 e. The first-order valence-corrected chi connectivity index (χ1v) is 9.10. The SMILES string of the molecule is Cc1ccccc1NC(=O)NC1CC2CCC(C1)N2Cc1ccco1. The Labute approximate surface area is 148 Å². The Hall–Kier alpha value is -2.27. The van der Waals surface area contributed by atoms with Crippen LogP contribution < -0.4 is 10.6 Å². The highest BCUT2D eigenvalue weighted by Crippen LogP contribution is 2.36. The Kier molecular flexibility index (Phi) is 4.49. The van der Waals surface area contributed by atoms with Crippen LogP contribution in [0.5, 0.6) is 0 Å². The predicted molar refractivity (Wildman–Crippen MR) is 97.4 cm³/mol. The molecule has 2 aliphatic rings. The standard InChI is InChI=1S/C20H25N3O2/c1-14-5-2-3-7-19(14)22-20(24)21-15-11-16-8-9-17(12-15)23(16)13-18-6-4-10-25-18/h2-7,10,15-17H,8-9,11-13H2,1H3,(H2,21,22,24). The number of furan rings is 1. The maximum absolute atomic E-state index is 12.4. The van der Waals surface area contributed by atoms with Gasteiger partial charge in [-0.05, 0) is 56.4 Å². The zero-order valence-corrected chi connectivity index (χ0v) is 14.6. The average Bonchev–Trinajstić information content (AvgIpc) is 3.17. The number of anilines is 1. The molecule has 0 spiro atoms. The van der Waals surface area contributed by atoms with Gasteiger partial charge in [-0.2, -0.15) is 0 Å². The van der Waals surface area contributed by atoms with Gasteiger partial charge in [0.1, 0.15) is 5.76 Å². The topological polar surface area (TPSA) is 57.5 Å². The second kappa shape index (κ2) is 6.92. The zero-order chi connectivity index (χ0) is 17.2. The van der Waals surface area contributed by atoms with Crippen molar-refractivity contribution in [3.8, 4) is 0 Å². The minimum Gasteiger partial charge on any atom is -0.468 e. The number of para-hydroxylation sites is 1. The van der Waals surface area contributed by atoms with Crippen molar-refractivity contribution in [2.45, 2.75) is 57.3 Å². The van der Waals surface area contributed by atoms with Gasteiger partial charge in [0.05, 0.1) is 12.8 Å². The monoisotopic (exact) mass is 339 g/mol. The van der Waals surface area contributed by atoms with Crippen LogP contribution in [0.3, 0.4) is 0 Å². The van der Waals surface area contributed by atoms with Crippen LogP contribution in [0, 0.1) is 6.92 Å². The number of rotatable bonds is 4. The van der Waals surface area contributed by atoms with Crippen LogP contribution in [-0.2, 0) is 6.54 Å². The molecule has 25 heavy (non-hydrogen) atoms.